The van der Waals surface area contributed by atoms with E-state index in [9.17, 15) is 0 Å². The molecule has 5 aliphatic carbocycles. The van der Waals surface area contributed by atoms with Gasteiger partial charge in [-0.05, 0) is 185 Å². The molecule has 5 fully saturated rings. The molecule has 73 heavy (non-hydrogen) atoms. The number of hydrogen-bond donors (Lipinski definition) is 0. The maximum Gasteiger partial charge on any atom is 0.148 e. The molecule has 0 heterocycles. The highest BCUT2D eigenvalue weighted by Gasteiger charge is 2.45. The van der Waals surface area contributed by atoms with E-state index in [0.717, 1.165) is 83.5 Å². The predicted octanol–water partition coefficient (Wildman–Crippen LogP) is 8.93. The fourth-order valence-corrected chi connectivity index (χ4v) is 12.0. The van der Waals surface area contributed by atoms with E-state index in [1.54, 1.807) is 7.11 Å². The lowest BCUT2D eigenvalue weighted by atomic mass is 9.62. The number of allylic oxidation sites excluding steroid dienone is 4. The van der Waals surface area contributed by atoms with Gasteiger partial charge in [0.2, 0.25) is 0 Å². The van der Waals surface area contributed by atoms with E-state index in [2.05, 4.69) is 169 Å². The third-order valence-corrected chi connectivity index (χ3v) is 15.4. The second kappa shape index (κ2) is 31.7. The SMILES string of the molecule is C#CC#CC#CC#CC#COC1CC(/C=C/C2CCC(/C=C/C3CC(OC)C(C)CC3C3CCC(OC#CC#C)C(OC#CC#C)C3)CC2C2CCC(OC#CC#C)C(OC#CC#C)C2)C(OC)CC1/C=C/C. The molecule has 372 valence electrons. The molecule has 5 saturated carbocycles. The van der Waals surface area contributed by atoms with E-state index in [-0.39, 0.29) is 54.6 Å². The first-order valence-electron chi connectivity index (χ1n) is 25.4. The number of rotatable bonds is 14. The maximum absolute atomic E-state index is 6.20. The Labute approximate surface area is 438 Å². The van der Waals surface area contributed by atoms with Gasteiger partial charge < -0.3 is 33.2 Å². The summed E-state index contributed by atoms with van der Waals surface area (Å²) in [7, 11) is 3.64. The Hall–Kier alpha value is -7.58. The van der Waals surface area contributed by atoms with Crippen LogP contribution in [0.4, 0.5) is 0 Å². The number of hydrogen-bond acceptors (Lipinski definition) is 7. The minimum absolute atomic E-state index is 0.0101. The Balaban J connectivity index is 1.41. The second-order valence-electron chi connectivity index (χ2n) is 19.4. The molecule has 0 N–H and O–H groups in total. The molecule has 0 aliphatic heterocycles. The smallest absolute Gasteiger partial charge is 0.148 e. The highest BCUT2D eigenvalue weighted by molar-refractivity contribution is 5.41. The van der Waals surface area contributed by atoms with Crippen LogP contribution in [0.3, 0.4) is 0 Å². The van der Waals surface area contributed by atoms with Crippen molar-refractivity contribution in [3.8, 4) is 157 Å². The maximum atomic E-state index is 6.20. The van der Waals surface area contributed by atoms with Crippen molar-refractivity contribution in [1.82, 2.24) is 0 Å². The van der Waals surface area contributed by atoms with Crippen molar-refractivity contribution in [2.24, 2.45) is 59.2 Å². The first kappa shape index (κ1) is 56.3. The summed E-state index contributed by atoms with van der Waals surface area (Å²) in [6, 6.07) is 0. The van der Waals surface area contributed by atoms with Crippen LogP contribution in [0.15, 0.2) is 36.5 Å². The lowest BCUT2D eigenvalue weighted by Gasteiger charge is -2.45. The molecule has 0 amide bonds. The van der Waals surface area contributed by atoms with Crippen molar-refractivity contribution in [3.63, 3.8) is 0 Å². The Bertz CT molecular complexity index is 2700. The Morgan fingerprint density at radius 2 is 0.795 bits per heavy atom. The molecule has 5 rings (SSSR count). The zero-order valence-electron chi connectivity index (χ0n) is 42.7. The summed E-state index contributed by atoms with van der Waals surface area (Å²) in [5.74, 6) is 43.5. The molecule has 7 nitrogen and oxygen atoms in total. The Morgan fingerprint density at radius 1 is 0.356 bits per heavy atom. The minimum Gasteiger partial charge on any atom is -0.442 e. The third kappa shape index (κ3) is 17.6. The van der Waals surface area contributed by atoms with E-state index in [0.29, 0.717) is 47.3 Å². The van der Waals surface area contributed by atoms with Crippen LogP contribution in [0.25, 0.3) is 0 Å². The molecule has 0 aromatic rings. The molecular weight excluding hydrogens is 905 g/mol. The van der Waals surface area contributed by atoms with Crippen molar-refractivity contribution in [3.05, 3.63) is 36.5 Å². The zero-order valence-corrected chi connectivity index (χ0v) is 42.7. The van der Waals surface area contributed by atoms with Crippen LogP contribution in [0, 0.1) is 217 Å². The van der Waals surface area contributed by atoms with Gasteiger partial charge in [-0.3, -0.25) is 0 Å². The topological polar surface area (TPSA) is 64.6 Å². The quantitative estimate of drug-likeness (QED) is 0.127. The second-order valence-corrected chi connectivity index (χ2v) is 19.4. The molecule has 0 bridgehead atoms. The zero-order chi connectivity index (χ0) is 52.0. The molecule has 0 aromatic carbocycles. The van der Waals surface area contributed by atoms with Gasteiger partial charge in [0, 0.05) is 73.4 Å². The predicted molar refractivity (Wildman–Crippen MR) is 286 cm³/mol. The number of methoxy groups -OCH3 is 2. The van der Waals surface area contributed by atoms with E-state index < -0.39 is 0 Å². The summed E-state index contributed by atoms with van der Waals surface area (Å²) in [5, 5.41) is 0. The molecule has 5 aliphatic rings. The van der Waals surface area contributed by atoms with Crippen LogP contribution in [0.2, 0.25) is 0 Å². The van der Waals surface area contributed by atoms with Gasteiger partial charge in [0.05, 0.1) is 12.2 Å². The fourth-order valence-electron chi connectivity index (χ4n) is 12.0. The van der Waals surface area contributed by atoms with Crippen molar-refractivity contribution in [2.75, 3.05) is 14.2 Å². The van der Waals surface area contributed by atoms with Gasteiger partial charge in [0.25, 0.3) is 0 Å². The molecule has 0 radical (unpaired) electrons. The van der Waals surface area contributed by atoms with Gasteiger partial charge in [-0.15, -0.1) is 32.1 Å². The third-order valence-electron chi connectivity index (χ3n) is 15.4. The van der Waals surface area contributed by atoms with Crippen molar-refractivity contribution >= 4 is 0 Å². The van der Waals surface area contributed by atoms with Crippen molar-refractivity contribution in [1.29, 1.82) is 0 Å². The van der Waals surface area contributed by atoms with Gasteiger partial charge in [-0.1, -0.05) is 43.4 Å². The molecule has 0 spiro atoms. The van der Waals surface area contributed by atoms with Crippen LogP contribution < -0.4 is 0 Å². The molecule has 0 saturated heterocycles. The first-order chi connectivity index (χ1) is 35.8. The molecule has 7 heteroatoms. The summed E-state index contributed by atoms with van der Waals surface area (Å²) in [5.41, 5.74) is 0. The average Bonchev–Trinajstić information content (AvgIpc) is 3.40. The summed E-state index contributed by atoms with van der Waals surface area (Å²) in [6.45, 7) is 4.34. The fraction of sp³-hybridized carbons (Fsp3) is 0.515. The van der Waals surface area contributed by atoms with Gasteiger partial charge in [-0.2, -0.15) is 0 Å². The summed E-state index contributed by atoms with van der Waals surface area (Å²) >= 11 is 0. The summed E-state index contributed by atoms with van der Waals surface area (Å²) in [4.78, 5) is 0. The highest BCUT2D eigenvalue weighted by atomic mass is 16.5. The normalized spacial score (nSPS) is 33.0. The lowest BCUT2D eigenvalue weighted by Crippen LogP contribution is -2.43. The number of ether oxygens (including phenoxy) is 7. The highest BCUT2D eigenvalue weighted by Crippen LogP contribution is 2.49. The number of terminal acetylenes is 5. The van der Waals surface area contributed by atoms with Gasteiger partial charge >= 0.3 is 0 Å². The van der Waals surface area contributed by atoms with Crippen LogP contribution in [-0.2, 0) is 33.2 Å². The van der Waals surface area contributed by atoms with Crippen LogP contribution >= 0.6 is 0 Å². The summed E-state index contributed by atoms with van der Waals surface area (Å²) in [6.07, 6.45) is 65.2. The van der Waals surface area contributed by atoms with Crippen molar-refractivity contribution in [2.45, 2.75) is 140 Å². The Morgan fingerprint density at radius 3 is 1.34 bits per heavy atom. The van der Waals surface area contributed by atoms with Gasteiger partial charge in [0.15, 0.2) is 0 Å². The van der Waals surface area contributed by atoms with E-state index in [1.807, 2.05) is 14.0 Å². The van der Waals surface area contributed by atoms with Crippen LogP contribution in [0.5, 0.6) is 0 Å². The monoisotopic (exact) mass is 970 g/mol. The average molecular weight is 971 g/mol. The van der Waals surface area contributed by atoms with E-state index in [1.165, 1.54) is 0 Å². The molecule has 0 aromatic heterocycles. The van der Waals surface area contributed by atoms with Crippen molar-refractivity contribution < 1.29 is 33.2 Å². The van der Waals surface area contributed by atoms with Gasteiger partial charge in [0.1, 0.15) is 61.1 Å². The molecule has 17 atom stereocenters. The van der Waals surface area contributed by atoms with E-state index in [4.69, 9.17) is 65.3 Å². The molecule has 17 unspecified atom stereocenters. The Kier molecular flexibility index (Phi) is 24.5. The van der Waals surface area contributed by atoms with Crippen LogP contribution in [-0.4, -0.2) is 56.9 Å². The summed E-state index contributed by atoms with van der Waals surface area (Å²) < 4.78 is 42.5. The first-order valence-corrected chi connectivity index (χ1v) is 25.4. The van der Waals surface area contributed by atoms with Gasteiger partial charge in [-0.25, -0.2) is 0 Å². The largest absolute Gasteiger partial charge is 0.442 e. The minimum atomic E-state index is -0.323. The van der Waals surface area contributed by atoms with E-state index >= 15 is 0 Å². The standard InChI is InChI=1S/C66H66O7/c1-10-16-21-22-23-24-25-26-42-71-64-49-57(63(68-9)48-56(64)27-15-6)33-32-52-30-28-51(44-59(52)55-35-37-61(70-39-18-12-3)66(47-55)73-41-20-14-5)29-31-53-45-62(67-8)50(7)43-58(53)54-34-36-60(69-38-17-11-2)65(46-54)72-40-19-13-4/h1-5,15,27,29,31-33,50-66H,28,30,34-37,43-49H2,6-9H3/b27-15+,31-29+,33-32+. The molecular formula is C66H66O7. The van der Waals surface area contributed by atoms with Crippen LogP contribution in [0.1, 0.15) is 97.3 Å². The lowest BCUT2D eigenvalue weighted by molar-refractivity contribution is -0.0594.